The van der Waals surface area contributed by atoms with Gasteiger partial charge in [0.05, 0.1) is 0 Å². The number of carbonyl (C=O) groups is 1. The highest BCUT2D eigenvalue weighted by atomic mass is 16.1. The molecule has 1 aliphatic carbocycles. The molecule has 2 rings (SSSR count). The lowest BCUT2D eigenvalue weighted by Crippen LogP contribution is -2.14. The zero-order valence-corrected chi connectivity index (χ0v) is 10.8. The Morgan fingerprint density at radius 3 is 3.12 bits per heavy atom. The van der Waals surface area contributed by atoms with Gasteiger partial charge in [-0.15, -0.1) is 0 Å². The van der Waals surface area contributed by atoms with Gasteiger partial charge in [-0.05, 0) is 37.3 Å². The third-order valence-corrected chi connectivity index (χ3v) is 3.69. The van der Waals surface area contributed by atoms with Gasteiger partial charge in [0.15, 0.2) is 0 Å². The van der Waals surface area contributed by atoms with E-state index in [-0.39, 0.29) is 5.92 Å². The van der Waals surface area contributed by atoms with Crippen LogP contribution in [0.3, 0.4) is 0 Å². The van der Waals surface area contributed by atoms with E-state index in [0.717, 1.165) is 12.8 Å². The van der Waals surface area contributed by atoms with Crippen molar-refractivity contribution in [1.82, 2.24) is 4.98 Å². The molecule has 1 heterocycles. The van der Waals surface area contributed by atoms with Gasteiger partial charge >= 0.3 is 0 Å². The van der Waals surface area contributed by atoms with Crippen molar-refractivity contribution in [2.24, 2.45) is 5.92 Å². The number of aromatic nitrogens is 1. The molecule has 1 aromatic heterocycles. The van der Waals surface area contributed by atoms with E-state index in [1.54, 1.807) is 0 Å². The molecule has 0 saturated heterocycles. The summed E-state index contributed by atoms with van der Waals surface area (Å²) in [6, 6.07) is 4.19. The molecule has 1 aromatic rings. The number of nitrogens with zero attached hydrogens (tertiary/aromatic N) is 1. The minimum Gasteiger partial charge on any atom is -0.299 e. The van der Waals surface area contributed by atoms with Crippen LogP contribution in [-0.4, -0.2) is 10.8 Å². The summed E-state index contributed by atoms with van der Waals surface area (Å²) >= 11 is 0. The molecular formula is C15H21NO. The first-order valence-corrected chi connectivity index (χ1v) is 6.65. The first-order valence-electron chi connectivity index (χ1n) is 6.65. The molecule has 17 heavy (non-hydrogen) atoms. The minimum atomic E-state index is 0.168. The third-order valence-electron chi connectivity index (χ3n) is 3.69. The third kappa shape index (κ3) is 2.93. The van der Waals surface area contributed by atoms with Gasteiger partial charge in [0, 0.05) is 30.1 Å². The van der Waals surface area contributed by atoms with Gasteiger partial charge < -0.3 is 0 Å². The molecular weight excluding hydrogens is 210 g/mol. The molecule has 0 aromatic carbocycles. The largest absolute Gasteiger partial charge is 0.299 e. The van der Waals surface area contributed by atoms with E-state index in [2.05, 4.69) is 11.1 Å². The Kier molecular flexibility index (Phi) is 3.93. The van der Waals surface area contributed by atoms with E-state index < -0.39 is 0 Å². The van der Waals surface area contributed by atoms with Crippen LogP contribution < -0.4 is 0 Å². The van der Waals surface area contributed by atoms with Crippen molar-refractivity contribution in [3.05, 3.63) is 29.6 Å². The van der Waals surface area contributed by atoms with Crippen LogP contribution in [0.15, 0.2) is 18.3 Å². The highest BCUT2D eigenvalue weighted by molar-refractivity contribution is 5.80. The average molecular weight is 231 g/mol. The van der Waals surface area contributed by atoms with Gasteiger partial charge in [0.25, 0.3) is 0 Å². The van der Waals surface area contributed by atoms with Crippen LogP contribution in [-0.2, 0) is 11.2 Å². The molecule has 1 unspecified atom stereocenters. The Balaban J connectivity index is 2.01. The topological polar surface area (TPSA) is 30.0 Å². The number of aryl methyl sites for hydroxylation is 1. The van der Waals surface area contributed by atoms with Gasteiger partial charge in [-0.25, -0.2) is 0 Å². The number of Topliss-reactive ketones (excluding diaryl/α,β-unsaturated/α-hetero) is 1. The predicted molar refractivity (Wildman–Crippen MR) is 69.0 cm³/mol. The fourth-order valence-electron chi connectivity index (χ4n) is 2.59. The first kappa shape index (κ1) is 12.3. The molecule has 1 aliphatic rings. The number of carbonyl (C=O) groups excluding carboxylic acids is 1. The van der Waals surface area contributed by atoms with Crippen molar-refractivity contribution in [1.29, 1.82) is 0 Å². The molecule has 2 nitrogen and oxygen atoms in total. The number of pyridine rings is 1. The van der Waals surface area contributed by atoms with Crippen LogP contribution in [0.2, 0.25) is 0 Å². The summed E-state index contributed by atoms with van der Waals surface area (Å²) in [5.41, 5.74) is 2.64. The lowest BCUT2D eigenvalue weighted by Gasteiger charge is -2.24. The monoisotopic (exact) mass is 231 g/mol. The quantitative estimate of drug-likeness (QED) is 0.793. The summed E-state index contributed by atoms with van der Waals surface area (Å²) in [6.07, 6.45) is 7.13. The van der Waals surface area contributed by atoms with Crippen molar-refractivity contribution in [3.8, 4) is 0 Å². The first-order chi connectivity index (χ1) is 8.18. The number of fused-ring (bicyclic) bond motifs is 1. The predicted octanol–water partition coefficient (Wildman–Crippen LogP) is 3.51. The Morgan fingerprint density at radius 2 is 2.35 bits per heavy atom. The molecule has 0 bridgehead atoms. The molecule has 0 fully saturated rings. The molecule has 0 amide bonds. The van der Waals surface area contributed by atoms with Gasteiger partial charge in [-0.1, -0.05) is 19.9 Å². The molecule has 0 saturated carbocycles. The number of rotatable bonds is 4. The molecule has 0 radical (unpaired) electrons. The van der Waals surface area contributed by atoms with E-state index in [1.807, 2.05) is 26.1 Å². The number of hydrogen-bond donors (Lipinski definition) is 0. The normalized spacial score (nSPS) is 19.1. The van der Waals surface area contributed by atoms with Crippen molar-refractivity contribution in [2.45, 2.75) is 51.9 Å². The lowest BCUT2D eigenvalue weighted by molar-refractivity contribution is -0.122. The summed E-state index contributed by atoms with van der Waals surface area (Å²) in [5.74, 6) is 1.05. The maximum Gasteiger partial charge on any atom is 0.135 e. The number of ketones is 1. The Morgan fingerprint density at radius 1 is 1.53 bits per heavy atom. The van der Waals surface area contributed by atoms with Gasteiger partial charge in [-0.3, -0.25) is 9.78 Å². The van der Waals surface area contributed by atoms with Crippen LogP contribution in [0.4, 0.5) is 0 Å². The van der Waals surface area contributed by atoms with Crippen molar-refractivity contribution in [2.75, 3.05) is 0 Å². The SMILES string of the molecule is CC(C)C(=O)CCC1CCCc2cccnc21. The summed E-state index contributed by atoms with van der Waals surface area (Å²) in [7, 11) is 0. The van der Waals surface area contributed by atoms with Crippen LogP contribution in [0.1, 0.15) is 56.7 Å². The zero-order valence-electron chi connectivity index (χ0n) is 10.8. The lowest BCUT2D eigenvalue weighted by atomic mass is 9.83. The van der Waals surface area contributed by atoms with Crippen LogP contribution in [0.25, 0.3) is 0 Å². The highest BCUT2D eigenvalue weighted by Crippen LogP contribution is 2.33. The van der Waals surface area contributed by atoms with Gasteiger partial charge in [0.1, 0.15) is 5.78 Å². The van der Waals surface area contributed by atoms with Crippen molar-refractivity contribution < 1.29 is 4.79 Å². The maximum absolute atomic E-state index is 11.7. The van der Waals surface area contributed by atoms with Crippen molar-refractivity contribution >= 4 is 5.78 Å². The van der Waals surface area contributed by atoms with E-state index >= 15 is 0 Å². The van der Waals surface area contributed by atoms with Crippen molar-refractivity contribution in [3.63, 3.8) is 0 Å². The fourth-order valence-corrected chi connectivity index (χ4v) is 2.59. The standard InChI is InChI=1S/C15H21NO/c1-11(2)14(17)9-8-13-6-3-5-12-7-4-10-16-15(12)13/h4,7,10-11,13H,3,5-6,8-9H2,1-2H3. The summed E-state index contributed by atoms with van der Waals surface area (Å²) < 4.78 is 0. The Labute approximate surface area is 103 Å². The van der Waals surface area contributed by atoms with Gasteiger partial charge in [0.2, 0.25) is 0 Å². The Hall–Kier alpha value is -1.18. The second-order valence-corrected chi connectivity index (χ2v) is 5.30. The second kappa shape index (κ2) is 5.44. The average Bonchev–Trinajstić information content (AvgIpc) is 2.35. The Bertz CT molecular complexity index is 398. The van der Waals surface area contributed by atoms with E-state index in [1.165, 1.54) is 24.1 Å². The van der Waals surface area contributed by atoms with E-state index in [4.69, 9.17) is 0 Å². The van der Waals surface area contributed by atoms with E-state index in [0.29, 0.717) is 18.1 Å². The molecule has 0 N–H and O–H groups in total. The van der Waals surface area contributed by atoms with Crippen LogP contribution in [0, 0.1) is 5.92 Å². The van der Waals surface area contributed by atoms with E-state index in [9.17, 15) is 4.79 Å². The summed E-state index contributed by atoms with van der Waals surface area (Å²) in [5, 5.41) is 0. The summed E-state index contributed by atoms with van der Waals surface area (Å²) in [4.78, 5) is 16.2. The van der Waals surface area contributed by atoms with Crippen LogP contribution in [0.5, 0.6) is 0 Å². The maximum atomic E-state index is 11.7. The highest BCUT2D eigenvalue weighted by Gasteiger charge is 2.22. The number of hydrogen-bond acceptors (Lipinski definition) is 2. The molecule has 1 atom stereocenters. The van der Waals surface area contributed by atoms with Crippen LogP contribution >= 0.6 is 0 Å². The molecule has 2 heteroatoms. The zero-order chi connectivity index (χ0) is 12.3. The fraction of sp³-hybridized carbons (Fsp3) is 0.600. The second-order valence-electron chi connectivity index (χ2n) is 5.30. The molecule has 92 valence electrons. The molecule has 0 spiro atoms. The van der Waals surface area contributed by atoms with Gasteiger partial charge in [-0.2, -0.15) is 0 Å². The summed E-state index contributed by atoms with van der Waals surface area (Å²) in [6.45, 7) is 3.96. The molecule has 0 aliphatic heterocycles. The minimum absolute atomic E-state index is 0.168. The smallest absolute Gasteiger partial charge is 0.135 e.